The maximum Gasteiger partial charge on any atom is 0.0446 e. The van der Waals surface area contributed by atoms with Crippen LogP contribution in [0.2, 0.25) is 0 Å². The molecule has 0 saturated carbocycles. The number of benzene rings is 1. The van der Waals surface area contributed by atoms with E-state index in [-0.39, 0.29) is 0 Å². The zero-order valence-corrected chi connectivity index (χ0v) is 12.6. The molecule has 1 atom stereocenters. The highest BCUT2D eigenvalue weighted by molar-refractivity contribution is 5.19. The summed E-state index contributed by atoms with van der Waals surface area (Å²) >= 11 is 0. The van der Waals surface area contributed by atoms with Crippen molar-refractivity contribution in [1.29, 1.82) is 0 Å². The zero-order chi connectivity index (χ0) is 13.7. The molecule has 1 aromatic rings. The van der Waals surface area contributed by atoms with Gasteiger partial charge in [-0.15, -0.1) is 0 Å². The van der Waals surface area contributed by atoms with E-state index in [2.05, 4.69) is 61.4 Å². The molecule has 0 spiro atoms. The van der Waals surface area contributed by atoms with Gasteiger partial charge in [-0.2, -0.15) is 0 Å². The highest BCUT2D eigenvalue weighted by Gasteiger charge is 2.23. The molecule has 1 fully saturated rings. The maximum absolute atomic E-state index is 3.46. The molecule has 0 radical (unpaired) electrons. The standard InChI is InChI=1S/C17H28N2/c1-14(2)15-9-11-19(12-10-15)13-17(18-3)16-7-5-4-6-8-16/h4-8,14-15,17-18H,9-13H2,1-3H3. The largest absolute Gasteiger partial charge is 0.312 e. The van der Waals surface area contributed by atoms with Crippen LogP contribution in [0.1, 0.15) is 38.3 Å². The molecule has 0 aromatic heterocycles. The van der Waals surface area contributed by atoms with Crippen LogP contribution in [0, 0.1) is 11.8 Å². The molecule has 1 N–H and O–H groups in total. The number of nitrogens with zero attached hydrogens (tertiary/aromatic N) is 1. The molecule has 1 saturated heterocycles. The monoisotopic (exact) mass is 260 g/mol. The molecule has 1 aromatic carbocycles. The Morgan fingerprint density at radius 3 is 2.32 bits per heavy atom. The Hall–Kier alpha value is -0.860. The first-order chi connectivity index (χ1) is 9.20. The normalized spacial score (nSPS) is 19.8. The molecule has 106 valence electrons. The molecule has 2 rings (SSSR count). The molecule has 19 heavy (non-hydrogen) atoms. The van der Waals surface area contributed by atoms with Gasteiger partial charge in [-0.1, -0.05) is 44.2 Å². The molecule has 1 aliphatic heterocycles. The molecule has 2 heteroatoms. The lowest BCUT2D eigenvalue weighted by Crippen LogP contribution is -2.40. The van der Waals surface area contributed by atoms with Crippen LogP contribution in [-0.4, -0.2) is 31.6 Å². The van der Waals surface area contributed by atoms with E-state index in [1.165, 1.54) is 31.5 Å². The fourth-order valence-corrected chi connectivity index (χ4v) is 3.11. The lowest BCUT2D eigenvalue weighted by molar-refractivity contribution is 0.147. The Morgan fingerprint density at radius 2 is 1.79 bits per heavy atom. The summed E-state index contributed by atoms with van der Waals surface area (Å²) in [6, 6.07) is 11.3. The third-order valence-electron chi connectivity index (χ3n) is 4.57. The SMILES string of the molecule is CNC(CN1CCC(C(C)C)CC1)c1ccccc1. The molecule has 1 heterocycles. The van der Waals surface area contributed by atoms with Crippen molar-refractivity contribution in [2.45, 2.75) is 32.7 Å². The number of nitrogens with one attached hydrogen (secondary N) is 1. The van der Waals surface area contributed by atoms with Crippen molar-refractivity contribution in [3.63, 3.8) is 0 Å². The Bertz CT molecular complexity index is 353. The topological polar surface area (TPSA) is 15.3 Å². The van der Waals surface area contributed by atoms with Crippen LogP contribution in [0.15, 0.2) is 30.3 Å². The Morgan fingerprint density at radius 1 is 1.16 bits per heavy atom. The first-order valence-corrected chi connectivity index (χ1v) is 7.65. The van der Waals surface area contributed by atoms with Crippen LogP contribution in [-0.2, 0) is 0 Å². The highest BCUT2D eigenvalue weighted by atomic mass is 15.1. The summed E-state index contributed by atoms with van der Waals surface area (Å²) in [5.74, 6) is 1.78. The number of piperidine rings is 1. The van der Waals surface area contributed by atoms with Gasteiger partial charge in [-0.3, -0.25) is 0 Å². The van der Waals surface area contributed by atoms with E-state index in [9.17, 15) is 0 Å². The fraction of sp³-hybridized carbons (Fsp3) is 0.647. The van der Waals surface area contributed by atoms with E-state index in [4.69, 9.17) is 0 Å². The minimum atomic E-state index is 0.455. The first kappa shape index (κ1) is 14.5. The summed E-state index contributed by atoms with van der Waals surface area (Å²) in [4.78, 5) is 2.62. The first-order valence-electron chi connectivity index (χ1n) is 7.65. The summed E-state index contributed by atoms with van der Waals surface area (Å²) in [5, 5.41) is 3.46. The lowest BCUT2D eigenvalue weighted by atomic mass is 9.86. The van der Waals surface area contributed by atoms with Crippen molar-refractivity contribution in [2.24, 2.45) is 11.8 Å². The van der Waals surface area contributed by atoms with Gasteiger partial charge in [0.2, 0.25) is 0 Å². The third kappa shape index (κ3) is 4.05. The third-order valence-corrected chi connectivity index (χ3v) is 4.57. The van der Waals surface area contributed by atoms with Gasteiger partial charge in [0, 0.05) is 12.6 Å². The number of rotatable bonds is 5. The van der Waals surface area contributed by atoms with E-state index in [0.29, 0.717) is 6.04 Å². The van der Waals surface area contributed by atoms with Crippen molar-refractivity contribution in [1.82, 2.24) is 10.2 Å². The Balaban J connectivity index is 1.87. The van der Waals surface area contributed by atoms with Crippen LogP contribution in [0.3, 0.4) is 0 Å². The molecule has 0 aliphatic carbocycles. The zero-order valence-electron chi connectivity index (χ0n) is 12.6. The van der Waals surface area contributed by atoms with Gasteiger partial charge < -0.3 is 10.2 Å². The quantitative estimate of drug-likeness (QED) is 0.873. The van der Waals surface area contributed by atoms with Gasteiger partial charge in [0.05, 0.1) is 0 Å². The minimum absolute atomic E-state index is 0.455. The second kappa shape index (κ2) is 7.06. The van der Waals surface area contributed by atoms with Crippen molar-refractivity contribution >= 4 is 0 Å². The summed E-state index contributed by atoms with van der Waals surface area (Å²) in [6.45, 7) is 8.37. The molecule has 0 bridgehead atoms. The van der Waals surface area contributed by atoms with Crippen molar-refractivity contribution in [2.75, 3.05) is 26.7 Å². The van der Waals surface area contributed by atoms with E-state index < -0.39 is 0 Å². The molecular weight excluding hydrogens is 232 g/mol. The van der Waals surface area contributed by atoms with Gasteiger partial charge in [0.1, 0.15) is 0 Å². The smallest absolute Gasteiger partial charge is 0.0446 e. The Kier molecular flexibility index (Phi) is 5.41. The van der Waals surface area contributed by atoms with Gasteiger partial charge in [0.25, 0.3) is 0 Å². The lowest BCUT2D eigenvalue weighted by Gasteiger charge is -2.35. The second-order valence-electron chi connectivity index (χ2n) is 6.13. The molecule has 0 amide bonds. The van der Waals surface area contributed by atoms with E-state index in [1.54, 1.807) is 0 Å². The highest BCUT2D eigenvalue weighted by Crippen LogP contribution is 2.25. The van der Waals surface area contributed by atoms with Crippen LogP contribution in [0.4, 0.5) is 0 Å². The van der Waals surface area contributed by atoms with Crippen molar-refractivity contribution in [3.8, 4) is 0 Å². The van der Waals surface area contributed by atoms with E-state index in [1.807, 2.05) is 0 Å². The number of likely N-dealkylation sites (N-methyl/N-ethyl adjacent to an activating group) is 1. The molecule has 1 aliphatic rings. The fourth-order valence-electron chi connectivity index (χ4n) is 3.11. The van der Waals surface area contributed by atoms with Gasteiger partial charge in [0.15, 0.2) is 0 Å². The number of likely N-dealkylation sites (tertiary alicyclic amines) is 1. The molecular formula is C17H28N2. The van der Waals surface area contributed by atoms with E-state index in [0.717, 1.165) is 18.4 Å². The maximum atomic E-state index is 3.46. The van der Waals surface area contributed by atoms with Crippen LogP contribution in [0.5, 0.6) is 0 Å². The van der Waals surface area contributed by atoms with Gasteiger partial charge >= 0.3 is 0 Å². The van der Waals surface area contributed by atoms with Crippen molar-refractivity contribution < 1.29 is 0 Å². The summed E-state index contributed by atoms with van der Waals surface area (Å²) in [5.41, 5.74) is 1.40. The second-order valence-corrected chi connectivity index (χ2v) is 6.13. The van der Waals surface area contributed by atoms with Crippen molar-refractivity contribution in [3.05, 3.63) is 35.9 Å². The molecule has 1 unspecified atom stereocenters. The number of hydrogen-bond donors (Lipinski definition) is 1. The van der Waals surface area contributed by atoms with Gasteiger partial charge in [-0.05, 0) is 50.4 Å². The Labute approximate surface area is 118 Å². The number of hydrogen-bond acceptors (Lipinski definition) is 2. The summed E-state index contributed by atoms with van der Waals surface area (Å²) in [7, 11) is 2.07. The summed E-state index contributed by atoms with van der Waals surface area (Å²) in [6.07, 6.45) is 2.73. The summed E-state index contributed by atoms with van der Waals surface area (Å²) < 4.78 is 0. The average molecular weight is 260 g/mol. The van der Waals surface area contributed by atoms with Crippen LogP contribution in [0.25, 0.3) is 0 Å². The predicted octanol–water partition coefficient (Wildman–Crippen LogP) is 3.32. The minimum Gasteiger partial charge on any atom is -0.312 e. The van der Waals surface area contributed by atoms with Crippen LogP contribution < -0.4 is 5.32 Å². The average Bonchev–Trinajstić information content (AvgIpc) is 2.46. The predicted molar refractivity (Wildman–Crippen MR) is 82.2 cm³/mol. The van der Waals surface area contributed by atoms with Crippen LogP contribution >= 0.6 is 0 Å². The van der Waals surface area contributed by atoms with Gasteiger partial charge in [-0.25, -0.2) is 0 Å². The van der Waals surface area contributed by atoms with E-state index >= 15 is 0 Å². The molecule has 2 nitrogen and oxygen atoms in total.